The lowest BCUT2D eigenvalue weighted by Gasteiger charge is -2.09. The van der Waals surface area contributed by atoms with Gasteiger partial charge >= 0.3 is 0 Å². The Bertz CT molecular complexity index is 481. The molecule has 0 aliphatic rings. The zero-order chi connectivity index (χ0) is 11.7. The number of benzene rings is 2. The molecule has 0 radical (unpaired) electrons. The van der Waals surface area contributed by atoms with Gasteiger partial charge < -0.3 is 10.2 Å². The van der Waals surface area contributed by atoms with Crippen LogP contribution < -0.4 is 0 Å². The van der Waals surface area contributed by atoms with Gasteiger partial charge in [0, 0.05) is 5.56 Å². The summed E-state index contributed by atoms with van der Waals surface area (Å²) in [5.41, 5.74) is 3.82. The second kappa shape index (κ2) is 3.89. The van der Waals surface area contributed by atoms with Gasteiger partial charge in [0.15, 0.2) is 0 Å². The quantitative estimate of drug-likeness (QED) is 0.714. The monoisotopic (exact) mass is 214 g/mol. The molecule has 2 aromatic rings. The van der Waals surface area contributed by atoms with Crippen molar-refractivity contribution in [3.8, 4) is 22.6 Å². The number of phenols is 2. The van der Waals surface area contributed by atoms with Crippen LogP contribution in [0.25, 0.3) is 11.1 Å². The summed E-state index contributed by atoms with van der Waals surface area (Å²) < 4.78 is 0. The molecule has 0 unspecified atom stereocenters. The second-order valence-electron chi connectivity index (χ2n) is 4.02. The Hall–Kier alpha value is -1.96. The van der Waals surface area contributed by atoms with Crippen molar-refractivity contribution < 1.29 is 10.2 Å². The molecule has 0 aromatic heterocycles. The molecule has 0 bridgehead atoms. The topological polar surface area (TPSA) is 40.5 Å². The summed E-state index contributed by atoms with van der Waals surface area (Å²) in [6.07, 6.45) is 0. The zero-order valence-corrected chi connectivity index (χ0v) is 9.36. The van der Waals surface area contributed by atoms with Crippen LogP contribution in [0, 0.1) is 13.8 Å². The smallest absolute Gasteiger partial charge is 0.123 e. The first kappa shape index (κ1) is 10.6. The summed E-state index contributed by atoms with van der Waals surface area (Å²) >= 11 is 0. The molecule has 0 amide bonds. The highest BCUT2D eigenvalue weighted by atomic mass is 16.3. The third-order valence-electron chi connectivity index (χ3n) is 2.66. The Morgan fingerprint density at radius 2 is 1.56 bits per heavy atom. The number of aromatic hydroxyl groups is 2. The van der Waals surface area contributed by atoms with E-state index in [1.165, 1.54) is 12.1 Å². The van der Waals surface area contributed by atoms with E-state index in [9.17, 15) is 10.2 Å². The minimum Gasteiger partial charge on any atom is -0.508 e. The van der Waals surface area contributed by atoms with Gasteiger partial charge in [-0.05, 0) is 43.2 Å². The average molecular weight is 214 g/mol. The fraction of sp³-hybridized carbons (Fsp3) is 0.143. The number of phenolic OH excluding ortho intramolecular Hbond substituents is 2. The van der Waals surface area contributed by atoms with Gasteiger partial charge in [-0.3, -0.25) is 0 Å². The highest BCUT2D eigenvalue weighted by Crippen LogP contribution is 2.34. The van der Waals surface area contributed by atoms with Gasteiger partial charge in [0.05, 0.1) is 0 Å². The van der Waals surface area contributed by atoms with Crippen LogP contribution in [0.4, 0.5) is 0 Å². The van der Waals surface area contributed by atoms with Crippen molar-refractivity contribution in [2.75, 3.05) is 0 Å². The molecular formula is C14H14O2. The van der Waals surface area contributed by atoms with Crippen molar-refractivity contribution in [1.29, 1.82) is 0 Å². The third kappa shape index (κ3) is 1.87. The fourth-order valence-electron chi connectivity index (χ4n) is 1.77. The minimum absolute atomic E-state index is 0.161. The highest BCUT2D eigenvalue weighted by molar-refractivity contribution is 5.74. The predicted molar refractivity (Wildman–Crippen MR) is 64.7 cm³/mol. The molecule has 0 heterocycles. The molecule has 2 rings (SSSR count). The lowest BCUT2D eigenvalue weighted by atomic mass is 9.97. The van der Waals surface area contributed by atoms with Gasteiger partial charge in [0.2, 0.25) is 0 Å². The van der Waals surface area contributed by atoms with Gasteiger partial charge in [-0.2, -0.15) is 0 Å². The third-order valence-corrected chi connectivity index (χ3v) is 2.66. The van der Waals surface area contributed by atoms with Crippen LogP contribution in [-0.2, 0) is 0 Å². The summed E-state index contributed by atoms with van der Waals surface area (Å²) in [4.78, 5) is 0. The first-order valence-corrected chi connectivity index (χ1v) is 5.17. The van der Waals surface area contributed by atoms with Crippen LogP contribution in [0.5, 0.6) is 11.5 Å². The molecule has 0 spiro atoms. The summed E-state index contributed by atoms with van der Waals surface area (Å²) in [5, 5.41) is 19.2. The Labute approximate surface area is 94.8 Å². The molecule has 0 aliphatic carbocycles. The van der Waals surface area contributed by atoms with Crippen LogP contribution in [0.3, 0.4) is 0 Å². The van der Waals surface area contributed by atoms with E-state index in [0.29, 0.717) is 5.56 Å². The van der Waals surface area contributed by atoms with E-state index in [1.807, 2.05) is 32.0 Å². The predicted octanol–water partition coefficient (Wildman–Crippen LogP) is 3.38. The second-order valence-corrected chi connectivity index (χ2v) is 4.02. The Balaban J connectivity index is 2.66. The SMILES string of the molecule is Cc1ccc(C)c(-c2cc(O)ccc2O)c1. The van der Waals surface area contributed by atoms with Crippen LogP contribution in [0.2, 0.25) is 0 Å². The minimum atomic E-state index is 0.161. The molecule has 0 saturated carbocycles. The highest BCUT2D eigenvalue weighted by Gasteiger charge is 2.08. The molecule has 0 aliphatic heterocycles. The van der Waals surface area contributed by atoms with Gasteiger partial charge in [-0.25, -0.2) is 0 Å². The van der Waals surface area contributed by atoms with Gasteiger partial charge in [-0.1, -0.05) is 23.8 Å². The summed E-state index contributed by atoms with van der Waals surface area (Å²) in [7, 11) is 0. The molecule has 2 heteroatoms. The van der Waals surface area contributed by atoms with Gasteiger partial charge in [0.25, 0.3) is 0 Å². The lowest BCUT2D eigenvalue weighted by molar-refractivity contribution is 0.462. The Morgan fingerprint density at radius 1 is 0.812 bits per heavy atom. The first-order chi connectivity index (χ1) is 7.58. The largest absolute Gasteiger partial charge is 0.508 e. The molecular weight excluding hydrogens is 200 g/mol. The molecule has 0 atom stereocenters. The standard InChI is InChI=1S/C14H14O2/c1-9-3-4-10(2)12(7-9)13-8-11(15)5-6-14(13)16/h3-8,15-16H,1-2H3. The normalized spacial score (nSPS) is 10.4. The molecule has 2 nitrogen and oxygen atoms in total. The van der Waals surface area contributed by atoms with Crippen LogP contribution in [-0.4, -0.2) is 10.2 Å². The number of rotatable bonds is 1. The van der Waals surface area contributed by atoms with E-state index < -0.39 is 0 Å². The zero-order valence-electron chi connectivity index (χ0n) is 9.36. The van der Waals surface area contributed by atoms with Crippen molar-refractivity contribution in [3.63, 3.8) is 0 Å². The average Bonchev–Trinajstić information content (AvgIpc) is 2.25. The fourth-order valence-corrected chi connectivity index (χ4v) is 1.77. The van der Waals surface area contributed by atoms with Crippen molar-refractivity contribution in [1.82, 2.24) is 0 Å². The molecule has 0 saturated heterocycles. The van der Waals surface area contributed by atoms with Crippen molar-refractivity contribution >= 4 is 0 Å². The molecule has 0 fully saturated rings. The van der Waals surface area contributed by atoms with E-state index in [2.05, 4.69) is 0 Å². The van der Waals surface area contributed by atoms with Crippen molar-refractivity contribution in [3.05, 3.63) is 47.5 Å². The maximum Gasteiger partial charge on any atom is 0.123 e. The summed E-state index contributed by atoms with van der Waals surface area (Å²) in [6.45, 7) is 3.99. The van der Waals surface area contributed by atoms with Crippen LogP contribution in [0.15, 0.2) is 36.4 Å². The van der Waals surface area contributed by atoms with Crippen LogP contribution >= 0.6 is 0 Å². The van der Waals surface area contributed by atoms with Crippen molar-refractivity contribution in [2.45, 2.75) is 13.8 Å². The van der Waals surface area contributed by atoms with E-state index in [1.54, 1.807) is 6.07 Å². The van der Waals surface area contributed by atoms with Crippen molar-refractivity contribution in [2.24, 2.45) is 0 Å². The Kier molecular flexibility index (Phi) is 2.57. The molecule has 16 heavy (non-hydrogen) atoms. The summed E-state index contributed by atoms with van der Waals surface area (Å²) in [6, 6.07) is 10.6. The van der Waals surface area contributed by atoms with E-state index in [-0.39, 0.29) is 11.5 Å². The van der Waals surface area contributed by atoms with Gasteiger partial charge in [0.1, 0.15) is 11.5 Å². The maximum atomic E-state index is 9.79. The van der Waals surface area contributed by atoms with E-state index in [4.69, 9.17) is 0 Å². The molecule has 2 aromatic carbocycles. The maximum absolute atomic E-state index is 9.79. The summed E-state index contributed by atoms with van der Waals surface area (Å²) in [5.74, 6) is 0.347. The number of hydrogen-bond acceptors (Lipinski definition) is 2. The number of aryl methyl sites for hydroxylation is 2. The molecule has 82 valence electrons. The van der Waals surface area contributed by atoms with Crippen LogP contribution in [0.1, 0.15) is 11.1 Å². The Morgan fingerprint density at radius 3 is 2.31 bits per heavy atom. The molecule has 2 N–H and O–H groups in total. The van der Waals surface area contributed by atoms with E-state index in [0.717, 1.165) is 16.7 Å². The lowest BCUT2D eigenvalue weighted by Crippen LogP contribution is -1.85. The number of hydrogen-bond donors (Lipinski definition) is 2. The first-order valence-electron chi connectivity index (χ1n) is 5.17. The van der Waals surface area contributed by atoms with E-state index >= 15 is 0 Å². The van der Waals surface area contributed by atoms with Gasteiger partial charge in [-0.15, -0.1) is 0 Å².